The van der Waals surface area contributed by atoms with Crippen LogP contribution in [0.1, 0.15) is 43.2 Å². The van der Waals surface area contributed by atoms with Gasteiger partial charge in [0.15, 0.2) is 0 Å². The molecule has 0 heterocycles. The van der Waals surface area contributed by atoms with Gasteiger partial charge in [0.2, 0.25) is 0 Å². The van der Waals surface area contributed by atoms with E-state index in [-0.39, 0.29) is 0 Å². The molecule has 1 aromatic rings. The van der Waals surface area contributed by atoms with Crippen LogP contribution in [0.25, 0.3) is 0 Å². The second-order valence-corrected chi connectivity index (χ2v) is 4.94. The zero-order valence-corrected chi connectivity index (χ0v) is 10.5. The second-order valence-electron chi connectivity index (χ2n) is 4.67. The molecule has 1 N–H and O–H groups in total. The summed E-state index contributed by atoms with van der Waals surface area (Å²) in [6.07, 6.45) is 6.88. The molecular weight excluding hydrogens is 218 g/mol. The van der Waals surface area contributed by atoms with Crippen molar-refractivity contribution < 1.29 is 0 Å². The van der Waals surface area contributed by atoms with E-state index in [1.54, 1.807) is 0 Å². The van der Waals surface area contributed by atoms with Gasteiger partial charge >= 0.3 is 0 Å². The Balaban J connectivity index is 1.83. The van der Waals surface area contributed by atoms with Crippen LogP contribution >= 0.6 is 11.6 Å². The van der Waals surface area contributed by atoms with Crippen molar-refractivity contribution in [3.63, 3.8) is 0 Å². The lowest BCUT2D eigenvalue weighted by atomic mass is 9.95. The third-order valence-electron chi connectivity index (χ3n) is 3.35. The van der Waals surface area contributed by atoms with Gasteiger partial charge in [0.05, 0.1) is 0 Å². The standard InChI is InChI=1S/C14H20ClN/c15-10-12-5-4-6-13(9-12)11-16-14-7-2-1-3-8-14/h4-6,9,14,16H,1-3,7-8,10-11H2. The fourth-order valence-corrected chi connectivity index (χ4v) is 2.56. The first-order valence-electron chi connectivity index (χ1n) is 6.25. The highest BCUT2D eigenvalue weighted by Gasteiger charge is 2.12. The van der Waals surface area contributed by atoms with Crippen molar-refractivity contribution in [3.05, 3.63) is 35.4 Å². The number of benzene rings is 1. The summed E-state index contributed by atoms with van der Waals surface area (Å²) in [5, 5.41) is 3.65. The molecule has 0 unspecified atom stereocenters. The fraction of sp³-hybridized carbons (Fsp3) is 0.571. The molecule has 1 aliphatic rings. The first-order chi connectivity index (χ1) is 7.88. The molecule has 16 heavy (non-hydrogen) atoms. The van der Waals surface area contributed by atoms with E-state index in [2.05, 4.69) is 29.6 Å². The highest BCUT2D eigenvalue weighted by Crippen LogP contribution is 2.18. The van der Waals surface area contributed by atoms with Crippen LogP contribution < -0.4 is 5.32 Å². The maximum atomic E-state index is 5.83. The molecule has 0 spiro atoms. The van der Waals surface area contributed by atoms with Crippen LogP contribution in [-0.2, 0) is 12.4 Å². The molecule has 2 rings (SSSR count). The van der Waals surface area contributed by atoms with Gasteiger partial charge in [-0.3, -0.25) is 0 Å². The van der Waals surface area contributed by atoms with E-state index < -0.39 is 0 Å². The third-order valence-corrected chi connectivity index (χ3v) is 3.65. The van der Waals surface area contributed by atoms with Gasteiger partial charge in [-0.2, -0.15) is 0 Å². The molecule has 0 bridgehead atoms. The summed E-state index contributed by atoms with van der Waals surface area (Å²) in [6.45, 7) is 0.982. The predicted octanol–water partition coefficient (Wildman–Crippen LogP) is 3.85. The van der Waals surface area contributed by atoms with Crippen LogP contribution in [-0.4, -0.2) is 6.04 Å². The molecule has 2 heteroatoms. The topological polar surface area (TPSA) is 12.0 Å². The maximum absolute atomic E-state index is 5.83. The van der Waals surface area contributed by atoms with Crippen molar-refractivity contribution >= 4 is 11.6 Å². The Morgan fingerprint density at radius 3 is 2.62 bits per heavy atom. The molecule has 0 saturated heterocycles. The Morgan fingerprint density at radius 2 is 1.88 bits per heavy atom. The lowest BCUT2D eigenvalue weighted by molar-refractivity contribution is 0.372. The van der Waals surface area contributed by atoms with E-state index in [9.17, 15) is 0 Å². The second kappa shape index (κ2) is 6.27. The predicted molar refractivity (Wildman–Crippen MR) is 69.7 cm³/mol. The van der Waals surface area contributed by atoms with Gasteiger partial charge in [0.25, 0.3) is 0 Å². The van der Waals surface area contributed by atoms with Crippen molar-refractivity contribution in [2.45, 2.75) is 50.6 Å². The Hall–Kier alpha value is -0.530. The number of hydrogen-bond donors (Lipinski definition) is 1. The molecule has 88 valence electrons. The quantitative estimate of drug-likeness (QED) is 0.785. The molecule has 0 aliphatic heterocycles. The van der Waals surface area contributed by atoms with Crippen molar-refractivity contribution in [1.29, 1.82) is 0 Å². The molecule has 1 fully saturated rings. The average Bonchev–Trinajstić information content (AvgIpc) is 2.38. The van der Waals surface area contributed by atoms with Crippen LogP contribution in [0, 0.1) is 0 Å². The summed E-state index contributed by atoms with van der Waals surface area (Å²) in [4.78, 5) is 0. The monoisotopic (exact) mass is 237 g/mol. The van der Waals surface area contributed by atoms with Gasteiger partial charge in [-0.1, -0.05) is 43.5 Å². The van der Waals surface area contributed by atoms with Crippen LogP contribution in [0.15, 0.2) is 24.3 Å². The summed E-state index contributed by atoms with van der Waals surface area (Å²) in [5.41, 5.74) is 2.56. The summed E-state index contributed by atoms with van der Waals surface area (Å²) < 4.78 is 0. The minimum absolute atomic E-state index is 0.608. The van der Waals surface area contributed by atoms with E-state index >= 15 is 0 Å². The molecule has 1 saturated carbocycles. The first kappa shape index (κ1) is 11.9. The number of hydrogen-bond acceptors (Lipinski definition) is 1. The highest BCUT2D eigenvalue weighted by molar-refractivity contribution is 6.17. The summed E-state index contributed by atoms with van der Waals surface area (Å²) in [5.74, 6) is 0.608. The minimum atomic E-state index is 0.608. The van der Waals surface area contributed by atoms with E-state index in [1.165, 1.54) is 43.2 Å². The van der Waals surface area contributed by atoms with Crippen molar-refractivity contribution in [2.24, 2.45) is 0 Å². The maximum Gasteiger partial charge on any atom is 0.0474 e. The zero-order valence-electron chi connectivity index (χ0n) is 9.71. The molecule has 1 nitrogen and oxygen atoms in total. The van der Waals surface area contributed by atoms with Crippen LogP contribution in [0.2, 0.25) is 0 Å². The molecule has 1 aromatic carbocycles. The molecule has 0 radical (unpaired) electrons. The number of rotatable bonds is 4. The van der Waals surface area contributed by atoms with Crippen molar-refractivity contribution in [1.82, 2.24) is 5.32 Å². The van der Waals surface area contributed by atoms with Gasteiger partial charge in [-0.25, -0.2) is 0 Å². The lowest BCUT2D eigenvalue weighted by Crippen LogP contribution is -2.30. The van der Waals surface area contributed by atoms with Gasteiger partial charge in [0, 0.05) is 18.5 Å². The average molecular weight is 238 g/mol. The van der Waals surface area contributed by atoms with E-state index in [0.29, 0.717) is 5.88 Å². The van der Waals surface area contributed by atoms with Gasteiger partial charge in [-0.15, -0.1) is 11.6 Å². The number of halogens is 1. The molecule has 0 amide bonds. The molecule has 1 aliphatic carbocycles. The zero-order chi connectivity index (χ0) is 11.2. The third kappa shape index (κ3) is 3.50. The SMILES string of the molecule is ClCc1cccc(CNC2CCCCC2)c1. The summed E-state index contributed by atoms with van der Waals surface area (Å²) in [6, 6.07) is 9.27. The van der Waals surface area contributed by atoms with E-state index in [4.69, 9.17) is 11.6 Å². The molecule has 0 atom stereocenters. The van der Waals surface area contributed by atoms with E-state index in [0.717, 1.165) is 12.6 Å². The smallest absolute Gasteiger partial charge is 0.0474 e. The Kier molecular flexibility index (Phi) is 4.68. The fourth-order valence-electron chi connectivity index (χ4n) is 2.39. The first-order valence-corrected chi connectivity index (χ1v) is 6.79. The lowest BCUT2D eigenvalue weighted by Gasteiger charge is -2.22. The largest absolute Gasteiger partial charge is 0.310 e. The Bertz CT molecular complexity index is 318. The molecule has 0 aromatic heterocycles. The van der Waals surface area contributed by atoms with Gasteiger partial charge in [0.1, 0.15) is 0 Å². The van der Waals surface area contributed by atoms with Gasteiger partial charge < -0.3 is 5.32 Å². The minimum Gasteiger partial charge on any atom is -0.310 e. The van der Waals surface area contributed by atoms with E-state index in [1.807, 2.05) is 0 Å². The van der Waals surface area contributed by atoms with Crippen LogP contribution in [0.5, 0.6) is 0 Å². The van der Waals surface area contributed by atoms with Crippen molar-refractivity contribution in [3.8, 4) is 0 Å². The van der Waals surface area contributed by atoms with Crippen molar-refractivity contribution in [2.75, 3.05) is 0 Å². The Labute approximate surface area is 103 Å². The van der Waals surface area contributed by atoms with Crippen LogP contribution in [0.3, 0.4) is 0 Å². The number of nitrogens with one attached hydrogen (secondary N) is 1. The molecular formula is C14H20ClN. The van der Waals surface area contributed by atoms with Crippen LogP contribution in [0.4, 0.5) is 0 Å². The number of alkyl halides is 1. The summed E-state index contributed by atoms with van der Waals surface area (Å²) >= 11 is 5.83. The highest BCUT2D eigenvalue weighted by atomic mass is 35.5. The summed E-state index contributed by atoms with van der Waals surface area (Å²) in [7, 11) is 0. The normalized spacial score (nSPS) is 17.6. The Morgan fingerprint density at radius 1 is 1.12 bits per heavy atom. The van der Waals surface area contributed by atoms with Gasteiger partial charge in [-0.05, 0) is 24.0 Å².